The zero-order chi connectivity index (χ0) is 33.0. The third kappa shape index (κ3) is 5.56. The van der Waals surface area contributed by atoms with E-state index in [4.69, 9.17) is 14.5 Å². The minimum Gasteiger partial charge on any atom is -0.508 e. The van der Waals surface area contributed by atoms with E-state index in [-0.39, 0.29) is 59.8 Å². The minimum absolute atomic E-state index is 0.0376. The van der Waals surface area contributed by atoms with Crippen LogP contribution in [0.5, 0.6) is 11.8 Å². The Morgan fingerprint density at radius 3 is 2.92 bits per heavy atom. The Kier molecular flexibility index (Phi) is 7.98. The highest BCUT2D eigenvalue weighted by Crippen LogP contribution is 2.42. The van der Waals surface area contributed by atoms with Crippen molar-refractivity contribution in [2.45, 2.75) is 50.2 Å². The number of alkyl halides is 1. The van der Waals surface area contributed by atoms with Crippen molar-refractivity contribution >= 4 is 33.4 Å². The van der Waals surface area contributed by atoms with Crippen LogP contribution in [0.2, 0.25) is 0 Å². The molecule has 7 heterocycles. The summed E-state index contributed by atoms with van der Waals surface area (Å²) < 4.78 is 59.1. The largest absolute Gasteiger partial charge is 0.508 e. The minimum atomic E-state index is -0.939. The van der Waals surface area contributed by atoms with E-state index in [2.05, 4.69) is 20.2 Å². The third-order valence-corrected chi connectivity index (χ3v) is 10.3. The normalized spacial score (nSPS) is 25.0. The molecule has 2 aromatic heterocycles. The second-order valence-electron chi connectivity index (χ2n) is 13.5. The summed E-state index contributed by atoms with van der Waals surface area (Å²) in [5.74, 6) is -1.24. The molecule has 4 aromatic rings. The molecule has 5 aliphatic rings. The number of fused-ring (bicyclic) bond motifs is 7. The molecule has 1 amide bonds. The first-order valence-electron chi connectivity index (χ1n) is 16.7. The Hall–Kier alpha value is -4.23. The topological polar surface area (TPSA) is 113 Å². The van der Waals surface area contributed by atoms with Gasteiger partial charge < -0.3 is 24.8 Å². The van der Waals surface area contributed by atoms with Crippen molar-refractivity contribution in [2.24, 2.45) is 5.92 Å². The number of halogens is 3. The van der Waals surface area contributed by atoms with Crippen LogP contribution in [0.25, 0.3) is 32.9 Å². The van der Waals surface area contributed by atoms with Gasteiger partial charge in [0.15, 0.2) is 5.82 Å². The number of carbonyl (C=O) groups excluding carboxylic acids is 1. The lowest BCUT2D eigenvalue weighted by molar-refractivity contribution is -0.121. The second-order valence-corrected chi connectivity index (χ2v) is 13.5. The molecular formula is C35H37F3N6O4. The maximum atomic E-state index is 17.0. The molecule has 3 atom stereocenters. The Labute approximate surface area is 275 Å². The highest BCUT2D eigenvalue weighted by molar-refractivity contribution is 6.01. The van der Waals surface area contributed by atoms with E-state index < -0.39 is 23.3 Å². The number of hydrogen-bond acceptors (Lipinski definition) is 9. The predicted octanol–water partition coefficient (Wildman–Crippen LogP) is 4.69. The summed E-state index contributed by atoms with van der Waals surface area (Å²) in [6.45, 7) is 3.38. The maximum absolute atomic E-state index is 17.0. The fraction of sp³-hybridized carbons (Fsp3) is 0.486. The molecule has 0 radical (unpaired) electrons. The van der Waals surface area contributed by atoms with Crippen LogP contribution in [-0.4, -0.2) is 95.1 Å². The van der Waals surface area contributed by atoms with Crippen molar-refractivity contribution in [3.05, 3.63) is 47.7 Å². The average molecular weight is 663 g/mol. The molecule has 13 heteroatoms. The number of phenolic OH excluding ortho intramolecular Hbond substituents is 1. The van der Waals surface area contributed by atoms with Gasteiger partial charge in [0.05, 0.1) is 24.1 Å². The van der Waals surface area contributed by atoms with Crippen LogP contribution in [0.4, 0.5) is 19.0 Å². The zero-order valence-corrected chi connectivity index (χ0v) is 26.5. The smallest absolute Gasteiger partial charge is 0.319 e. The fourth-order valence-electron chi connectivity index (χ4n) is 8.06. The van der Waals surface area contributed by atoms with Gasteiger partial charge in [-0.25, -0.2) is 13.2 Å². The van der Waals surface area contributed by atoms with Crippen LogP contribution in [0.3, 0.4) is 0 Å². The van der Waals surface area contributed by atoms with Crippen molar-refractivity contribution in [3.8, 4) is 23.0 Å². The molecule has 10 nitrogen and oxygen atoms in total. The van der Waals surface area contributed by atoms with Crippen molar-refractivity contribution < 1.29 is 32.5 Å². The molecule has 2 aromatic carbocycles. The first kappa shape index (κ1) is 31.1. The Morgan fingerprint density at radius 2 is 2.02 bits per heavy atom. The van der Waals surface area contributed by atoms with E-state index in [0.29, 0.717) is 79.8 Å². The lowest BCUT2D eigenvalue weighted by Crippen LogP contribution is -2.43. The van der Waals surface area contributed by atoms with Gasteiger partial charge in [-0.3, -0.25) is 14.7 Å². The van der Waals surface area contributed by atoms with Crippen LogP contribution < -0.4 is 15.0 Å². The second kappa shape index (κ2) is 12.3. The van der Waals surface area contributed by atoms with Gasteiger partial charge in [-0.15, -0.1) is 0 Å². The SMILES string of the molecule is O=C1CCCc2c(F)ccc3cc(O)cc(c23)-c2ncc3c(nc(OC[C@@]45CCCN4C[C@H](F)C5)nc3c2F)N2CCOCC(CN1)C2. The summed E-state index contributed by atoms with van der Waals surface area (Å²) in [7, 11) is 0. The number of benzene rings is 2. The standard InChI is InChI=1S/C35H37F3N6O4/c36-22-13-35(7-2-8-44(35)17-22)19-48-34-41-32-26-15-40-31(30(32)38)25-12-23(45)11-21-5-6-27(37)24(29(21)25)3-1-4-28(46)39-14-20-16-43(33(26)42-34)9-10-47-18-20/h5-6,11-12,15,20,22,45H,1-4,7-10,13-14,16-19H2,(H,39,46)/t20?,22-,35+/m1/s1. The van der Waals surface area contributed by atoms with Crippen molar-refractivity contribution in [1.82, 2.24) is 25.2 Å². The van der Waals surface area contributed by atoms with E-state index >= 15 is 8.78 Å². The molecule has 0 aliphatic carbocycles. The number of pyridine rings is 1. The van der Waals surface area contributed by atoms with Crippen LogP contribution >= 0.6 is 0 Å². The summed E-state index contributed by atoms with van der Waals surface area (Å²) in [5, 5.41) is 15.0. The molecular weight excluding hydrogens is 625 g/mol. The van der Waals surface area contributed by atoms with E-state index in [1.54, 1.807) is 0 Å². The van der Waals surface area contributed by atoms with E-state index in [0.717, 1.165) is 19.4 Å². The third-order valence-electron chi connectivity index (χ3n) is 10.3. The number of nitrogens with one attached hydrogen (secondary N) is 1. The van der Waals surface area contributed by atoms with Crippen LogP contribution in [0.15, 0.2) is 30.5 Å². The van der Waals surface area contributed by atoms with Gasteiger partial charge in [0.1, 0.15) is 41.4 Å². The van der Waals surface area contributed by atoms with Crippen LogP contribution in [0, 0.1) is 17.6 Å². The predicted molar refractivity (Wildman–Crippen MR) is 173 cm³/mol. The van der Waals surface area contributed by atoms with Crippen molar-refractivity contribution in [3.63, 3.8) is 0 Å². The maximum Gasteiger partial charge on any atom is 0.319 e. The number of amides is 1. The lowest BCUT2D eigenvalue weighted by Gasteiger charge is -2.31. The molecule has 0 spiro atoms. The lowest BCUT2D eigenvalue weighted by atomic mass is 9.93. The van der Waals surface area contributed by atoms with Gasteiger partial charge in [-0.2, -0.15) is 9.97 Å². The highest BCUT2D eigenvalue weighted by Gasteiger charge is 2.49. The quantitative estimate of drug-likeness (QED) is 0.323. The van der Waals surface area contributed by atoms with Crippen LogP contribution in [-0.2, 0) is 16.0 Å². The monoisotopic (exact) mass is 662 g/mol. The molecule has 3 fully saturated rings. The van der Waals surface area contributed by atoms with Gasteiger partial charge in [0.25, 0.3) is 0 Å². The van der Waals surface area contributed by atoms with Gasteiger partial charge in [0.2, 0.25) is 5.91 Å². The first-order valence-corrected chi connectivity index (χ1v) is 16.7. The average Bonchev–Trinajstić information content (AvgIpc) is 3.48. The summed E-state index contributed by atoms with van der Waals surface area (Å²) in [6.07, 6.45) is 3.40. The number of ether oxygens (including phenoxy) is 2. The Bertz CT molecular complexity index is 1910. The summed E-state index contributed by atoms with van der Waals surface area (Å²) in [4.78, 5) is 30.9. The summed E-state index contributed by atoms with van der Waals surface area (Å²) in [5.41, 5.74) is -0.0968. The number of carbonyl (C=O) groups is 1. The summed E-state index contributed by atoms with van der Waals surface area (Å²) >= 11 is 0. The van der Waals surface area contributed by atoms with Gasteiger partial charge in [0, 0.05) is 56.7 Å². The van der Waals surface area contributed by atoms with Gasteiger partial charge >= 0.3 is 6.01 Å². The molecule has 3 saturated heterocycles. The van der Waals surface area contributed by atoms with Crippen LogP contribution in [0.1, 0.15) is 37.7 Å². The first-order chi connectivity index (χ1) is 23.3. The fourth-order valence-corrected chi connectivity index (χ4v) is 8.06. The van der Waals surface area contributed by atoms with E-state index in [1.165, 1.54) is 30.5 Å². The number of nitrogens with zero attached hydrogens (tertiary/aromatic N) is 5. The number of hydrogen-bond donors (Lipinski definition) is 2. The van der Waals surface area contributed by atoms with E-state index in [1.807, 2.05) is 4.90 Å². The van der Waals surface area contributed by atoms with Crippen molar-refractivity contribution in [1.29, 1.82) is 0 Å². The number of aryl methyl sites for hydroxylation is 1. The van der Waals surface area contributed by atoms with Gasteiger partial charge in [-0.05, 0) is 66.8 Å². The van der Waals surface area contributed by atoms with Gasteiger partial charge in [-0.1, -0.05) is 6.07 Å². The molecule has 2 N–H and O–H groups in total. The molecule has 252 valence electrons. The number of aromatic nitrogens is 3. The molecule has 6 bridgehead atoms. The Morgan fingerprint density at radius 1 is 1.12 bits per heavy atom. The number of phenols is 1. The number of rotatable bonds is 3. The van der Waals surface area contributed by atoms with Crippen molar-refractivity contribution in [2.75, 3.05) is 57.4 Å². The van der Waals surface area contributed by atoms with E-state index in [9.17, 15) is 14.3 Å². The number of aromatic hydroxyl groups is 1. The molecule has 9 rings (SSSR count). The Balaban J connectivity index is 1.31. The molecule has 48 heavy (non-hydrogen) atoms. The zero-order valence-electron chi connectivity index (χ0n) is 26.5. The molecule has 1 unspecified atom stereocenters. The molecule has 5 aliphatic heterocycles. The number of anilines is 1. The molecule has 0 saturated carbocycles. The highest BCUT2D eigenvalue weighted by atomic mass is 19.1. The summed E-state index contributed by atoms with van der Waals surface area (Å²) in [6, 6.07) is 5.68.